The first kappa shape index (κ1) is 12.5. The van der Waals surface area contributed by atoms with Gasteiger partial charge in [-0.3, -0.25) is 4.79 Å². The van der Waals surface area contributed by atoms with E-state index in [4.69, 9.17) is 0 Å². The summed E-state index contributed by atoms with van der Waals surface area (Å²) in [7, 11) is 0. The molecule has 1 atom stereocenters. The van der Waals surface area contributed by atoms with Crippen molar-refractivity contribution >= 4 is 29.3 Å². The Hall–Kier alpha value is -0.550. The van der Waals surface area contributed by atoms with Crippen LogP contribution in [0, 0.1) is 0 Å². The van der Waals surface area contributed by atoms with Crippen molar-refractivity contribution in [2.24, 2.45) is 0 Å². The van der Waals surface area contributed by atoms with E-state index in [-0.39, 0.29) is 5.78 Å². The minimum Gasteiger partial charge on any atom is -0.294 e. The SMILES string of the molecule is O=C1CCCCc2nc(C3CSCCS3)ncc21. The molecule has 1 aromatic heterocycles. The lowest BCUT2D eigenvalue weighted by atomic mass is 10.1. The maximum absolute atomic E-state index is 11.9. The van der Waals surface area contributed by atoms with Gasteiger partial charge in [-0.25, -0.2) is 9.97 Å². The zero-order chi connectivity index (χ0) is 12.4. The van der Waals surface area contributed by atoms with Gasteiger partial charge in [-0.05, 0) is 19.3 Å². The molecule has 0 spiro atoms. The van der Waals surface area contributed by atoms with E-state index in [9.17, 15) is 4.79 Å². The number of Topliss-reactive ketones (excluding diaryl/α,β-unsaturated/α-hetero) is 1. The molecule has 1 fully saturated rings. The minimum atomic E-state index is 0.222. The van der Waals surface area contributed by atoms with Crippen molar-refractivity contribution in [1.82, 2.24) is 9.97 Å². The van der Waals surface area contributed by atoms with E-state index in [1.165, 1.54) is 11.5 Å². The molecule has 0 saturated carbocycles. The molecule has 1 aromatic rings. The number of aromatic nitrogens is 2. The van der Waals surface area contributed by atoms with Crippen LogP contribution in [0.3, 0.4) is 0 Å². The molecule has 2 heterocycles. The van der Waals surface area contributed by atoms with E-state index in [1.54, 1.807) is 6.20 Å². The Morgan fingerprint density at radius 3 is 2.94 bits per heavy atom. The summed E-state index contributed by atoms with van der Waals surface area (Å²) in [6.45, 7) is 0. The Bertz CT molecular complexity index is 458. The number of aryl methyl sites for hydroxylation is 1. The highest BCUT2D eigenvalue weighted by Gasteiger charge is 2.23. The van der Waals surface area contributed by atoms with Crippen LogP contribution < -0.4 is 0 Å². The number of nitrogens with zero attached hydrogens (tertiary/aromatic N) is 2. The summed E-state index contributed by atoms with van der Waals surface area (Å²) >= 11 is 3.91. The lowest BCUT2D eigenvalue weighted by molar-refractivity contribution is 0.0981. The third-order valence-corrected chi connectivity index (χ3v) is 6.11. The van der Waals surface area contributed by atoms with Crippen LogP contribution >= 0.6 is 23.5 Å². The van der Waals surface area contributed by atoms with Gasteiger partial charge < -0.3 is 0 Å². The van der Waals surface area contributed by atoms with E-state index in [0.29, 0.717) is 11.7 Å². The summed E-state index contributed by atoms with van der Waals surface area (Å²) in [5, 5.41) is 0.410. The van der Waals surface area contributed by atoms with Crippen LogP contribution in [0.15, 0.2) is 6.20 Å². The first-order valence-corrected chi connectivity index (χ1v) is 8.63. The Morgan fingerprint density at radius 1 is 1.22 bits per heavy atom. The van der Waals surface area contributed by atoms with Crippen LogP contribution in [-0.2, 0) is 6.42 Å². The average Bonchev–Trinajstić information content (AvgIpc) is 2.61. The number of carbonyl (C=O) groups is 1. The van der Waals surface area contributed by atoms with Crippen LogP contribution in [0.4, 0.5) is 0 Å². The highest BCUT2D eigenvalue weighted by Crippen LogP contribution is 2.35. The fourth-order valence-corrected chi connectivity index (χ4v) is 4.97. The van der Waals surface area contributed by atoms with Gasteiger partial charge in [-0.15, -0.1) is 11.8 Å². The third kappa shape index (κ3) is 2.57. The van der Waals surface area contributed by atoms with E-state index >= 15 is 0 Å². The lowest BCUT2D eigenvalue weighted by Crippen LogP contribution is -2.13. The second-order valence-electron chi connectivity index (χ2n) is 4.65. The van der Waals surface area contributed by atoms with Crippen molar-refractivity contribution < 1.29 is 4.79 Å². The van der Waals surface area contributed by atoms with Crippen molar-refractivity contribution in [3.05, 3.63) is 23.3 Å². The number of rotatable bonds is 1. The predicted molar refractivity (Wildman–Crippen MR) is 76.4 cm³/mol. The van der Waals surface area contributed by atoms with E-state index < -0.39 is 0 Å². The van der Waals surface area contributed by atoms with Gasteiger partial charge in [0, 0.05) is 29.9 Å². The Labute approximate surface area is 116 Å². The fraction of sp³-hybridized carbons (Fsp3) is 0.615. The Kier molecular flexibility index (Phi) is 3.89. The van der Waals surface area contributed by atoms with Crippen molar-refractivity contribution in [1.29, 1.82) is 0 Å². The van der Waals surface area contributed by atoms with Gasteiger partial charge in [-0.1, -0.05) is 0 Å². The van der Waals surface area contributed by atoms with Crippen molar-refractivity contribution in [3.63, 3.8) is 0 Å². The van der Waals surface area contributed by atoms with E-state index in [0.717, 1.165) is 42.1 Å². The van der Waals surface area contributed by atoms with Gasteiger partial charge in [0.15, 0.2) is 5.78 Å². The van der Waals surface area contributed by atoms with Gasteiger partial charge in [0.25, 0.3) is 0 Å². The monoisotopic (exact) mass is 280 g/mol. The summed E-state index contributed by atoms with van der Waals surface area (Å²) < 4.78 is 0. The van der Waals surface area contributed by atoms with Gasteiger partial charge in [0.05, 0.1) is 16.5 Å². The average molecular weight is 280 g/mol. The summed E-state index contributed by atoms with van der Waals surface area (Å²) in [6, 6.07) is 0. The van der Waals surface area contributed by atoms with Crippen molar-refractivity contribution in [2.75, 3.05) is 17.3 Å². The zero-order valence-electron chi connectivity index (χ0n) is 10.2. The maximum atomic E-state index is 11.9. The van der Waals surface area contributed by atoms with Gasteiger partial charge in [0.2, 0.25) is 0 Å². The predicted octanol–water partition coefficient (Wildman–Crippen LogP) is 2.91. The first-order valence-electron chi connectivity index (χ1n) is 6.43. The number of ketones is 1. The molecule has 1 aliphatic carbocycles. The number of fused-ring (bicyclic) bond motifs is 1. The van der Waals surface area contributed by atoms with Crippen LogP contribution in [0.25, 0.3) is 0 Å². The molecule has 0 aromatic carbocycles. The van der Waals surface area contributed by atoms with E-state index in [1.807, 2.05) is 23.5 Å². The molecule has 1 saturated heterocycles. The quantitative estimate of drug-likeness (QED) is 0.740. The first-order chi connectivity index (χ1) is 8.84. The fourth-order valence-electron chi connectivity index (χ4n) is 2.36. The summed E-state index contributed by atoms with van der Waals surface area (Å²) in [6.07, 6.45) is 5.41. The molecule has 2 aliphatic rings. The van der Waals surface area contributed by atoms with Crippen LogP contribution in [-0.4, -0.2) is 33.0 Å². The second-order valence-corrected chi connectivity index (χ2v) is 7.11. The smallest absolute Gasteiger partial charge is 0.166 e. The van der Waals surface area contributed by atoms with Crippen molar-refractivity contribution in [3.8, 4) is 0 Å². The Balaban J connectivity index is 1.89. The van der Waals surface area contributed by atoms with Crippen molar-refractivity contribution in [2.45, 2.75) is 30.9 Å². The highest BCUT2D eigenvalue weighted by atomic mass is 32.2. The molecule has 18 heavy (non-hydrogen) atoms. The molecule has 1 unspecified atom stereocenters. The topological polar surface area (TPSA) is 42.9 Å². The second kappa shape index (κ2) is 5.61. The number of hydrogen-bond acceptors (Lipinski definition) is 5. The zero-order valence-corrected chi connectivity index (χ0v) is 11.9. The minimum absolute atomic E-state index is 0.222. The molecule has 5 heteroatoms. The Morgan fingerprint density at radius 2 is 2.11 bits per heavy atom. The van der Waals surface area contributed by atoms with Crippen LogP contribution in [0.2, 0.25) is 0 Å². The molecule has 0 radical (unpaired) electrons. The molecule has 0 bridgehead atoms. The lowest BCUT2D eigenvalue weighted by Gasteiger charge is -2.20. The standard InChI is InChI=1S/C13H16N2OS2/c16-11-4-2-1-3-10-9(11)7-14-13(15-10)12-8-17-5-6-18-12/h7,12H,1-6,8H2. The maximum Gasteiger partial charge on any atom is 0.166 e. The molecule has 0 N–H and O–H groups in total. The van der Waals surface area contributed by atoms with Gasteiger partial charge in [-0.2, -0.15) is 11.8 Å². The molecular weight excluding hydrogens is 264 g/mol. The van der Waals surface area contributed by atoms with Crippen LogP contribution in [0.5, 0.6) is 0 Å². The van der Waals surface area contributed by atoms with E-state index in [2.05, 4.69) is 9.97 Å². The summed E-state index contributed by atoms with van der Waals surface area (Å²) in [5.74, 6) is 4.65. The molecular formula is C13H16N2OS2. The summed E-state index contributed by atoms with van der Waals surface area (Å²) in [5.41, 5.74) is 1.75. The number of carbonyl (C=O) groups excluding carboxylic acids is 1. The largest absolute Gasteiger partial charge is 0.294 e. The normalized spacial score (nSPS) is 24.4. The number of hydrogen-bond donors (Lipinski definition) is 0. The highest BCUT2D eigenvalue weighted by molar-refractivity contribution is 8.06. The third-order valence-electron chi connectivity index (χ3n) is 3.36. The van der Waals surface area contributed by atoms with Gasteiger partial charge in [0.1, 0.15) is 5.82 Å². The molecule has 3 rings (SSSR count). The molecule has 1 aliphatic heterocycles. The number of thioether (sulfide) groups is 2. The molecule has 3 nitrogen and oxygen atoms in total. The molecule has 0 amide bonds. The van der Waals surface area contributed by atoms with Gasteiger partial charge >= 0.3 is 0 Å². The summed E-state index contributed by atoms with van der Waals surface area (Å²) in [4.78, 5) is 21.0. The van der Waals surface area contributed by atoms with Crippen LogP contribution in [0.1, 0.15) is 46.4 Å². The molecule has 96 valence electrons.